The number of thiophene rings is 1. The van der Waals surface area contributed by atoms with Crippen LogP contribution in [0.3, 0.4) is 0 Å². The van der Waals surface area contributed by atoms with Crippen molar-refractivity contribution in [1.29, 1.82) is 0 Å². The monoisotopic (exact) mass is 410 g/mol. The largest absolute Gasteiger partial charge is 0.370 e. The van der Waals surface area contributed by atoms with E-state index in [-0.39, 0.29) is 12.5 Å². The van der Waals surface area contributed by atoms with E-state index in [4.69, 9.17) is 9.73 Å². The van der Waals surface area contributed by atoms with E-state index in [2.05, 4.69) is 24.3 Å². The van der Waals surface area contributed by atoms with Crippen LogP contribution in [0.2, 0.25) is 0 Å². The molecular weight excluding hydrogens is 382 g/mol. The molecule has 1 aromatic heterocycles. The highest BCUT2D eigenvalue weighted by molar-refractivity contribution is 7.17. The number of carbonyl (C=O) groups excluding carboxylic acids is 1. The fourth-order valence-corrected chi connectivity index (χ4v) is 6.08. The number of nitrogens with zero attached hydrogens (tertiary/aromatic N) is 2. The molecule has 152 valence electrons. The zero-order valence-corrected chi connectivity index (χ0v) is 17.6. The number of ether oxygens (including phenoxy) is 1. The Labute approximate surface area is 176 Å². The fraction of sp³-hybridized carbons (Fsp3) is 0.478. The van der Waals surface area contributed by atoms with Crippen LogP contribution in [0.4, 0.5) is 5.00 Å². The summed E-state index contributed by atoms with van der Waals surface area (Å²) in [5.41, 5.74) is 4.80. The zero-order valence-electron chi connectivity index (χ0n) is 16.8. The standard InChI is InChI=1S/C23H27N3O2S/c27-20-16-24-22(17-6-2-1-3-7-17)21-18-8-4-5-9-19(18)29-23(21)26(20)11-10-25-12-14-28-15-13-25/h1-3,6-7H,4-5,8-16H2/p+1. The van der Waals surface area contributed by atoms with Crippen molar-refractivity contribution < 1.29 is 14.4 Å². The van der Waals surface area contributed by atoms with Crippen LogP contribution in [0.1, 0.15) is 34.4 Å². The molecule has 0 radical (unpaired) electrons. The van der Waals surface area contributed by atoms with Gasteiger partial charge in [0.25, 0.3) is 0 Å². The second kappa shape index (κ2) is 8.38. The van der Waals surface area contributed by atoms with Gasteiger partial charge >= 0.3 is 0 Å². The molecule has 0 spiro atoms. The second-order valence-corrected chi connectivity index (χ2v) is 9.16. The number of quaternary nitrogens is 1. The van der Waals surface area contributed by atoms with Gasteiger partial charge in [-0.2, -0.15) is 0 Å². The van der Waals surface area contributed by atoms with Crippen molar-refractivity contribution in [2.75, 3.05) is 50.8 Å². The molecule has 0 atom stereocenters. The molecule has 2 aromatic rings. The lowest BCUT2D eigenvalue weighted by molar-refractivity contribution is -0.906. The van der Waals surface area contributed by atoms with Gasteiger partial charge in [-0.1, -0.05) is 30.3 Å². The number of aryl methyl sites for hydroxylation is 1. The summed E-state index contributed by atoms with van der Waals surface area (Å²) >= 11 is 1.84. The van der Waals surface area contributed by atoms with Gasteiger partial charge in [0.05, 0.1) is 32.0 Å². The minimum Gasteiger partial charge on any atom is -0.370 e. The molecule has 0 unspecified atom stereocenters. The van der Waals surface area contributed by atoms with Crippen molar-refractivity contribution in [2.24, 2.45) is 4.99 Å². The molecule has 1 N–H and O–H groups in total. The number of morpholine rings is 1. The molecule has 29 heavy (non-hydrogen) atoms. The summed E-state index contributed by atoms with van der Waals surface area (Å²) in [6, 6.07) is 10.4. The normalized spacial score (nSPS) is 20.1. The molecule has 3 aliphatic rings. The van der Waals surface area contributed by atoms with Crippen molar-refractivity contribution >= 4 is 28.0 Å². The van der Waals surface area contributed by atoms with Crippen LogP contribution in [-0.4, -0.2) is 57.6 Å². The van der Waals surface area contributed by atoms with Crippen LogP contribution < -0.4 is 9.80 Å². The Hall–Kier alpha value is -2.02. The Kier molecular flexibility index (Phi) is 5.48. The van der Waals surface area contributed by atoms with Gasteiger partial charge < -0.3 is 9.64 Å². The predicted octanol–water partition coefficient (Wildman–Crippen LogP) is 1.73. The smallest absolute Gasteiger partial charge is 0.249 e. The van der Waals surface area contributed by atoms with E-state index in [1.54, 1.807) is 0 Å². The number of hydrogen-bond donors (Lipinski definition) is 1. The van der Waals surface area contributed by atoms with E-state index in [0.717, 1.165) is 68.5 Å². The molecule has 2 aliphatic heterocycles. The molecule has 6 heteroatoms. The zero-order chi connectivity index (χ0) is 19.6. The summed E-state index contributed by atoms with van der Waals surface area (Å²) in [4.78, 5) is 23.0. The van der Waals surface area contributed by atoms with E-state index >= 15 is 0 Å². The quantitative estimate of drug-likeness (QED) is 0.835. The molecule has 3 heterocycles. The van der Waals surface area contributed by atoms with Crippen LogP contribution >= 0.6 is 11.3 Å². The van der Waals surface area contributed by atoms with Gasteiger partial charge in [-0.15, -0.1) is 11.3 Å². The Morgan fingerprint density at radius 2 is 1.90 bits per heavy atom. The van der Waals surface area contributed by atoms with Crippen molar-refractivity contribution in [3.63, 3.8) is 0 Å². The number of amides is 1. The summed E-state index contributed by atoms with van der Waals surface area (Å²) in [6.45, 7) is 5.67. The lowest BCUT2D eigenvalue weighted by Crippen LogP contribution is -3.14. The van der Waals surface area contributed by atoms with Gasteiger partial charge in [0.2, 0.25) is 5.91 Å². The maximum absolute atomic E-state index is 13.1. The third-order valence-corrected chi connectivity index (χ3v) is 7.56. The molecule has 5 nitrogen and oxygen atoms in total. The molecule has 0 bridgehead atoms. The van der Waals surface area contributed by atoms with Crippen LogP contribution in [-0.2, 0) is 22.4 Å². The van der Waals surface area contributed by atoms with Crippen LogP contribution in [0.15, 0.2) is 35.3 Å². The van der Waals surface area contributed by atoms with E-state index < -0.39 is 0 Å². The molecule has 0 saturated carbocycles. The first kappa shape index (κ1) is 19.0. The molecule has 1 amide bonds. The van der Waals surface area contributed by atoms with Gasteiger partial charge in [0.1, 0.15) is 24.6 Å². The summed E-state index contributed by atoms with van der Waals surface area (Å²) in [6.07, 6.45) is 4.70. The Morgan fingerprint density at radius 3 is 2.72 bits per heavy atom. The van der Waals surface area contributed by atoms with E-state index in [1.165, 1.54) is 33.7 Å². The van der Waals surface area contributed by atoms with Crippen molar-refractivity contribution in [3.05, 3.63) is 51.9 Å². The lowest BCUT2D eigenvalue weighted by Gasteiger charge is -2.27. The van der Waals surface area contributed by atoms with E-state index in [9.17, 15) is 4.79 Å². The van der Waals surface area contributed by atoms with Gasteiger partial charge in [-0.3, -0.25) is 14.7 Å². The lowest BCUT2D eigenvalue weighted by atomic mass is 9.91. The molecule has 5 rings (SSSR count). The fourth-order valence-electron chi connectivity index (χ4n) is 4.65. The molecule has 1 fully saturated rings. The van der Waals surface area contributed by atoms with E-state index in [0.29, 0.717) is 0 Å². The first-order chi connectivity index (χ1) is 14.3. The third-order valence-electron chi connectivity index (χ3n) is 6.24. The number of anilines is 1. The van der Waals surface area contributed by atoms with Gasteiger partial charge in [0, 0.05) is 16.0 Å². The highest BCUT2D eigenvalue weighted by Crippen LogP contribution is 2.42. The number of benzene rings is 1. The van der Waals surface area contributed by atoms with Crippen LogP contribution in [0.25, 0.3) is 0 Å². The first-order valence-electron chi connectivity index (χ1n) is 10.8. The minimum atomic E-state index is 0.128. The maximum atomic E-state index is 13.1. The number of nitrogens with one attached hydrogen (secondary N) is 1. The molecule has 1 saturated heterocycles. The highest BCUT2D eigenvalue weighted by Gasteiger charge is 2.32. The maximum Gasteiger partial charge on any atom is 0.249 e. The summed E-state index contributed by atoms with van der Waals surface area (Å²) in [5.74, 6) is 0.128. The Morgan fingerprint density at radius 1 is 1.10 bits per heavy atom. The minimum absolute atomic E-state index is 0.128. The van der Waals surface area contributed by atoms with Crippen molar-refractivity contribution in [3.8, 4) is 0 Å². The molecule has 1 aromatic carbocycles. The highest BCUT2D eigenvalue weighted by atomic mass is 32.1. The molecule has 1 aliphatic carbocycles. The van der Waals surface area contributed by atoms with Gasteiger partial charge in [-0.25, -0.2) is 0 Å². The van der Waals surface area contributed by atoms with Crippen LogP contribution in [0.5, 0.6) is 0 Å². The number of aliphatic imine (C=N–C) groups is 1. The average molecular weight is 411 g/mol. The average Bonchev–Trinajstić information content (AvgIpc) is 3.08. The second-order valence-electron chi connectivity index (χ2n) is 8.08. The summed E-state index contributed by atoms with van der Waals surface area (Å²) in [5, 5.41) is 1.13. The molecular formula is C23H28N3O2S+. The van der Waals surface area contributed by atoms with Gasteiger partial charge in [-0.05, 0) is 31.2 Å². The van der Waals surface area contributed by atoms with Gasteiger partial charge in [0.15, 0.2) is 0 Å². The number of rotatable bonds is 4. The number of carbonyl (C=O) groups is 1. The topological polar surface area (TPSA) is 46.3 Å². The Balaban J connectivity index is 1.53. The SMILES string of the molecule is O=C1CN=C(c2ccccc2)c2c(sc3c2CCCC3)N1CC[NH+]1CCOCC1. The predicted molar refractivity (Wildman–Crippen MR) is 117 cm³/mol. The van der Waals surface area contributed by atoms with Crippen LogP contribution in [0, 0.1) is 0 Å². The van der Waals surface area contributed by atoms with E-state index in [1.807, 2.05) is 22.3 Å². The third kappa shape index (κ3) is 3.77. The first-order valence-corrected chi connectivity index (χ1v) is 11.6. The van der Waals surface area contributed by atoms with Crippen molar-refractivity contribution in [2.45, 2.75) is 25.7 Å². The summed E-state index contributed by atoms with van der Waals surface area (Å²) < 4.78 is 5.49. The summed E-state index contributed by atoms with van der Waals surface area (Å²) in [7, 11) is 0. The number of hydrogen-bond acceptors (Lipinski definition) is 4. The van der Waals surface area contributed by atoms with Crippen molar-refractivity contribution in [1.82, 2.24) is 0 Å². The Bertz CT molecular complexity index is 916. The number of fused-ring (bicyclic) bond motifs is 3.